The van der Waals surface area contributed by atoms with Gasteiger partial charge in [0.15, 0.2) is 0 Å². The predicted octanol–water partition coefficient (Wildman–Crippen LogP) is 4.60. The average molecular weight is 399 g/mol. The van der Waals surface area contributed by atoms with Crippen molar-refractivity contribution in [3.8, 4) is 11.5 Å². The lowest BCUT2D eigenvalue weighted by Crippen LogP contribution is -2.45. The van der Waals surface area contributed by atoms with E-state index in [0.29, 0.717) is 11.3 Å². The highest BCUT2D eigenvalue weighted by atomic mass is 16.5. The van der Waals surface area contributed by atoms with Gasteiger partial charge in [0, 0.05) is 54.3 Å². The van der Waals surface area contributed by atoms with Crippen LogP contribution in [0, 0.1) is 0 Å². The number of benzene rings is 3. The summed E-state index contributed by atoms with van der Waals surface area (Å²) in [5.74, 6) is 1.50. The normalized spacial score (nSPS) is 18.6. The first kappa shape index (κ1) is 18.6. The molecule has 5 heteroatoms. The van der Waals surface area contributed by atoms with Crippen LogP contribution in [0.5, 0.6) is 11.5 Å². The summed E-state index contributed by atoms with van der Waals surface area (Å²) in [6.45, 7) is 6.11. The van der Waals surface area contributed by atoms with Crippen molar-refractivity contribution >= 4 is 17.3 Å². The van der Waals surface area contributed by atoms with Crippen molar-refractivity contribution in [1.82, 2.24) is 4.90 Å². The predicted molar refractivity (Wildman–Crippen MR) is 119 cm³/mol. The average Bonchev–Trinajstić information content (AvgIpc) is 2.98. The van der Waals surface area contributed by atoms with Crippen LogP contribution < -0.4 is 15.4 Å². The molecule has 0 aliphatic carbocycles. The monoisotopic (exact) mass is 399 g/mol. The molecular formula is C25H25N3O2. The second kappa shape index (κ2) is 6.52. The largest absolute Gasteiger partial charge is 0.456 e. The van der Waals surface area contributed by atoms with Gasteiger partial charge in [0.05, 0.1) is 0 Å². The second-order valence-corrected chi connectivity index (χ2v) is 7.83. The molecule has 0 saturated heterocycles. The van der Waals surface area contributed by atoms with Crippen molar-refractivity contribution in [3.63, 3.8) is 0 Å². The van der Waals surface area contributed by atoms with Gasteiger partial charge in [-0.3, -0.25) is 4.79 Å². The van der Waals surface area contributed by atoms with Crippen molar-refractivity contribution in [2.24, 2.45) is 0 Å². The zero-order chi connectivity index (χ0) is 21.0. The summed E-state index contributed by atoms with van der Waals surface area (Å²) in [5.41, 5.74) is 10.7. The highest BCUT2D eigenvalue weighted by Crippen LogP contribution is 2.57. The summed E-state index contributed by atoms with van der Waals surface area (Å²) in [6, 6.07) is 19.8. The molecule has 0 saturated carbocycles. The van der Waals surface area contributed by atoms with Gasteiger partial charge in [-0.1, -0.05) is 24.3 Å². The lowest BCUT2D eigenvalue weighted by Gasteiger charge is -2.43. The van der Waals surface area contributed by atoms with Gasteiger partial charge in [0.2, 0.25) is 0 Å². The molecule has 1 spiro atoms. The molecule has 1 atom stereocenters. The van der Waals surface area contributed by atoms with Gasteiger partial charge in [-0.05, 0) is 49.7 Å². The molecule has 2 aliphatic rings. The van der Waals surface area contributed by atoms with E-state index in [1.165, 1.54) is 0 Å². The maximum absolute atomic E-state index is 13.3. The van der Waals surface area contributed by atoms with Crippen LogP contribution in [0.25, 0.3) is 0 Å². The molecule has 2 heterocycles. The molecule has 0 fully saturated rings. The minimum absolute atomic E-state index is 0.000330. The van der Waals surface area contributed by atoms with E-state index in [-0.39, 0.29) is 5.91 Å². The van der Waals surface area contributed by atoms with E-state index in [0.717, 1.165) is 47.0 Å². The van der Waals surface area contributed by atoms with E-state index in [9.17, 15) is 4.79 Å². The Balaban J connectivity index is 1.85. The summed E-state index contributed by atoms with van der Waals surface area (Å²) in [4.78, 5) is 17.4. The van der Waals surface area contributed by atoms with E-state index in [1.807, 2.05) is 54.4 Å². The van der Waals surface area contributed by atoms with Crippen LogP contribution in [-0.2, 0) is 5.54 Å². The van der Waals surface area contributed by atoms with Crippen LogP contribution in [0.1, 0.15) is 40.9 Å². The lowest BCUT2D eigenvalue weighted by atomic mass is 9.75. The standard InChI is InChI=1S/C25H25N3O2/c1-4-28(5-2)17-11-12-20-23(15-17)30-22-13-10-16(26)14-21(22)25(20)19-9-7-6-8-18(19)24(29)27(25)3/h6-15H,4-5,26H2,1-3H3. The fourth-order valence-corrected chi connectivity index (χ4v) is 5.01. The summed E-state index contributed by atoms with van der Waals surface area (Å²) in [5, 5.41) is 0. The van der Waals surface area contributed by atoms with Gasteiger partial charge in [-0.15, -0.1) is 0 Å². The third-order valence-corrected chi connectivity index (χ3v) is 6.45. The van der Waals surface area contributed by atoms with E-state index >= 15 is 0 Å². The van der Waals surface area contributed by atoms with Gasteiger partial charge in [0.25, 0.3) is 5.91 Å². The topological polar surface area (TPSA) is 58.8 Å². The number of nitrogens with two attached hydrogens (primary N) is 1. The number of ether oxygens (including phenoxy) is 1. The van der Waals surface area contributed by atoms with Gasteiger partial charge in [0.1, 0.15) is 17.0 Å². The number of nitrogen functional groups attached to an aromatic ring is 1. The van der Waals surface area contributed by atoms with Crippen molar-refractivity contribution in [3.05, 3.63) is 82.9 Å². The van der Waals surface area contributed by atoms with Gasteiger partial charge < -0.3 is 20.3 Å². The van der Waals surface area contributed by atoms with Gasteiger partial charge >= 0.3 is 0 Å². The van der Waals surface area contributed by atoms with E-state index in [2.05, 4.69) is 36.9 Å². The Morgan fingerprint density at radius 3 is 2.47 bits per heavy atom. The molecule has 2 aliphatic heterocycles. The van der Waals surface area contributed by atoms with Crippen molar-refractivity contribution in [2.45, 2.75) is 19.4 Å². The number of hydrogen-bond acceptors (Lipinski definition) is 4. The Kier molecular flexibility index (Phi) is 4.03. The molecule has 0 aromatic heterocycles. The lowest BCUT2D eigenvalue weighted by molar-refractivity contribution is 0.0727. The van der Waals surface area contributed by atoms with Crippen LogP contribution in [0.2, 0.25) is 0 Å². The Labute approximate surface area is 176 Å². The van der Waals surface area contributed by atoms with E-state index < -0.39 is 5.54 Å². The zero-order valence-electron chi connectivity index (χ0n) is 17.5. The number of carbonyl (C=O) groups is 1. The Morgan fingerprint density at radius 1 is 0.933 bits per heavy atom. The molecular weight excluding hydrogens is 374 g/mol. The maximum Gasteiger partial charge on any atom is 0.255 e. The SMILES string of the molecule is CCN(CC)c1ccc2c(c1)Oc1ccc(N)cc1C21c2ccccc2C(=O)N1C. The van der Waals surface area contributed by atoms with Crippen molar-refractivity contribution in [2.75, 3.05) is 30.8 Å². The van der Waals surface area contributed by atoms with Crippen LogP contribution in [0.4, 0.5) is 11.4 Å². The first-order valence-corrected chi connectivity index (χ1v) is 10.4. The number of hydrogen-bond donors (Lipinski definition) is 1. The highest BCUT2D eigenvalue weighted by Gasteiger charge is 2.54. The highest BCUT2D eigenvalue weighted by molar-refractivity contribution is 6.02. The summed E-state index contributed by atoms with van der Waals surface area (Å²) in [7, 11) is 1.86. The van der Waals surface area contributed by atoms with Crippen LogP contribution in [-0.4, -0.2) is 30.9 Å². The molecule has 5 rings (SSSR count). The second-order valence-electron chi connectivity index (χ2n) is 7.83. The van der Waals surface area contributed by atoms with Crippen molar-refractivity contribution in [1.29, 1.82) is 0 Å². The molecule has 152 valence electrons. The van der Waals surface area contributed by atoms with Crippen LogP contribution in [0.3, 0.4) is 0 Å². The first-order valence-electron chi connectivity index (χ1n) is 10.4. The fraction of sp³-hybridized carbons (Fsp3) is 0.240. The molecule has 30 heavy (non-hydrogen) atoms. The number of amides is 1. The molecule has 3 aromatic rings. The molecule has 0 radical (unpaired) electrons. The summed E-state index contributed by atoms with van der Waals surface area (Å²) in [6.07, 6.45) is 0. The van der Waals surface area contributed by atoms with Crippen LogP contribution in [0.15, 0.2) is 60.7 Å². The van der Waals surface area contributed by atoms with Gasteiger partial charge in [-0.2, -0.15) is 0 Å². The quantitative estimate of drug-likeness (QED) is 0.654. The smallest absolute Gasteiger partial charge is 0.255 e. The Morgan fingerprint density at radius 2 is 1.70 bits per heavy atom. The number of nitrogens with zero attached hydrogens (tertiary/aromatic N) is 2. The maximum atomic E-state index is 13.3. The molecule has 0 bridgehead atoms. The molecule has 5 nitrogen and oxygen atoms in total. The summed E-state index contributed by atoms with van der Waals surface area (Å²) < 4.78 is 6.38. The Bertz CT molecular complexity index is 1170. The zero-order valence-corrected chi connectivity index (χ0v) is 17.5. The van der Waals surface area contributed by atoms with Gasteiger partial charge in [-0.25, -0.2) is 0 Å². The third-order valence-electron chi connectivity index (χ3n) is 6.45. The summed E-state index contributed by atoms with van der Waals surface area (Å²) >= 11 is 0. The fourth-order valence-electron chi connectivity index (χ4n) is 5.01. The minimum Gasteiger partial charge on any atom is -0.456 e. The number of carbonyl (C=O) groups excluding carboxylic acids is 1. The van der Waals surface area contributed by atoms with Crippen molar-refractivity contribution < 1.29 is 9.53 Å². The number of anilines is 2. The number of rotatable bonds is 3. The van der Waals surface area contributed by atoms with Crippen LogP contribution >= 0.6 is 0 Å². The first-order chi connectivity index (χ1) is 14.5. The minimum atomic E-state index is -0.770. The third kappa shape index (κ3) is 2.26. The molecule has 2 N–H and O–H groups in total. The van der Waals surface area contributed by atoms with E-state index in [1.54, 1.807) is 0 Å². The molecule has 1 unspecified atom stereocenters. The van der Waals surface area contributed by atoms with E-state index in [4.69, 9.17) is 10.5 Å². The number of fused-ring (bicyclic) bond motifs is 6. The molecule has 3 aromatic carbocycles. The molecule has 1 amide bonds. The Hall–Kier alpha value is -3.47.